The normalized spacial score (nSPS) is 19.6. The van der Waals surface area contributed by atoms with Gasteiger partial charge in [0.2, 0.25) is 5.88 Å². The van der Waals surface area contributed by atoms with Crippen LogP contribution in [0.25, 0.3) is 11.3 Å². The Hall–Kier alpha value is -4.06. The smallest absolute Gasteiger partial charge is 0.421 e. The Morgan fingerprint density at radius 1 is 1.04 bits per heavy atom. The molecule has 6 rings (SSSR count). The fourth-order valence-corrected chi connectivity index (χ4v) is 7.73. The van der Waals surface area contributed by atoms with E-state index in [-0.39, 0.29) is 29.0 Å². The van der Waals surface area contributed by atoms with Gasteiger partial charge >= 0.3 is 12.3 Å². The fourth-order valence-electron chi connectivity index (χ4n) is 7.73. The summed E-state index contributed by atoms with van der Waals surface area (Å²) in [6.45, 7) is 11.5. The number of rotatable bonds is 7. The Morgan fingerprint density at radius 3 is 2.51 bits per heavy atom. The first-order valence-corrected chi connectivity index (χ1v) is 17.1. The van der Waals surface area contributed by atoms with Crippen molar-refractivity contribution in [2.75, 3.05) is 51.3 Å². The van der Waals surface area contributed by atoms with Crippen LogP contribution in [0.4, 0.5) is 23.7 Å². The van der Waals surface area contributed by atoms with E-state index in [1.54, 1.807) is 12.3 Å². The number of methoxy groups -OCH3 is 1. The van der Waals surface area contributed by atoms with E-state index in [0.717, 1.165) is 41.9 Å². The lowest BCUT2D eigenvalue weighted by atomic mass is 9.69. The molecule has 0 bridgehead atoms. The average Bonchev–Trinajstić information content (AvgIpc) is 3.52. The van der Waals surface area contributed by atoms with E-state index in [9.17, 15) is 18.0 Å². The molecule has 9 nitrogen and oxygen atoms in total. The number of amides is 1. The molecular formula is C37H46F3N5O4. The molecule has 0 radical (unpaired) electrons. The van der Waals surface area contributed by atoms with Crippen LogP contribution in [0.1, 0.15) is 70.2 Å². The zero-order valence-electron chi connectivity index (χ0n) is 29.0. The van der Waals surface area contributed by atoms with Gasteiger partial charge in [-0.2, -0.15) is 13.2 Å². The SMILES string of the molecule is CCOc1ncccc1-c1ccc2c(n1)CN(C[C@H]1CCCN1C(=O)OC(C)(C)C)CC21CCN(c2cccc(OC)c2C(F)(F)F)CC1. The van der Waals surface area contributed by atoms with Crippen molar-refractivity contribution in [3.05, 3.63) is 65.5 Å². The number of alkyl halides is 3. The third kappa shape index (κ3) is 7.29. The van der Waals surface area contributed by atoms with Gasteiger partial charge in [0, 0.05) is 56.9 Å². The highest BCUT2D eigenvalue weighted by molar-refractivity contribution is 5.69. The number of anilines is 1. The largest absolute Gasteiger partial charge is 0.496 e. The number of piperidine rings is 1. The molecule has 5 heterocycles. The minimum absolute atomic E-state index is 0.00858. The minimum Gasteiger partial charge on any atom is -0.496 e. The number of ether oxygens (including phenoxy) is 3. The van der Waals surface area contributed by atoms with Crippen LogP contribution in [0, 0.1) is 0 Å². The molecule has 1 aromatic carbocycles. The monoisotopic (exact) mass is 681 g/mol. The molecule has 1 spiro atoms. The predicted molar refractivity (Wildman–Crippen MR) is 181 cm³/mol. The van der Waals surface area contributed by atoms with Gasteiger partial charge in [0.15, 0.2) is 0 Å². The Bertz CT molecular complexity index is 1650. The number of hydrogen-bond donors (Lipinski definition) is 0. The molecule has 0 N–H and O–H groups in total. The Morgan fingerprint density at radius 2 is 1.82 bits per heavy atom. The van der Waals surface area contributed by atoms with Crippen LogP contribution < -0.4 is 14.4 Å². The van der Waals surface area contributed by atoms with Crippen molar-refractivity contribution in [3.63, 3.8) is 0 Å². The number of fused-ring (bicyclic) bond motifs is 2. The van der Waals surface area contributed by atoms with Gasteiger partial charge in [-0.05, 0) is 89.3 Å². The van der Waals surface area contributed by atoms with Crippen LogP contribution in [0.3, 0.4) is 0 Å². The van der Waals surface area contributed by atoms with Gasteiger partial charge in [0.05, 0.1) is 36.4 Å². The summed E-state index contributed by atoms with van der Waals surface area (Å²) >= 11 is 0. The van der Waals surface area contributed by atoms with E-state index in [0.29, 0.717) is 58.1 Å². The second-order valence-corrected chi connectivity index (χ2v) is 14.2. The number of likely N-dealkylation sites (tertiary alicyclic amines) is 1. The van der Waals surface area contributed by atoms with E-state index in [2.05, 4.69) is 16.0 Å². The zero-order valence-corrected chi connectivity index (χ0v) is 29.0. The fraction of sp³-hybridized carbons (Fsp3) is 0.541. The van der Waals surface area contributed by atoms with Gasteiger partial charge in [-0.15, -0.1) is 0 Å². The first-order chi connectivity index (χ1) is 23.3. The molecule has 2 fully saturated rings. The van der Waals surface area contributed by atoms with Crippen molar-refractivity contribution in [2.45, 2.75) is 83.2 Å². The zero-order chi connectivity index (χ0) is 35.0. The van der Waals surface area contributed by atoms with Gasteiger partial charge in [0.1, 0.15) is 16.9 Å². The molecule has 1 atom stereocenters. The van der Waals surface area contributed by atoms with Crippen molar-refractivity contribution >= 4 is 11.8 Å². The molecule has 49 heavy (non-hydrogen) atoms. The summed E-state index contributed by atoms with van der Waals surface area (Å²) in [7, 11) is 1.27. The maximum absolute atomic E-state index is 14.3. The van der Waals surface area contributed by atoms with Crippen molar-refractivity contribution in [1.82, 2.24) is 19.8 Å². The van der Waals surface area contributed by atoms with Gasteiger partial charge in [-0.25, -0.2) is 9.78 Å². The summed E-state index contributed by atoms with van der Waals surface area (Å²) in [6.07, 6.45) is -0.0932. The number of benzene rings is 1. The number of carbonyl (C=O) groups is 1. The Balaban J connectivity index is 1.32. The Labute approximate surface area is 286 Å². The molecule has 3 aromatic rings. The lowest BCUT2D eigenvalue weighted by Crippen LogP contribution is -2.54. The lowest BCUT2D eigenvalue weighted by molar-refractivity contribution is -0.138. The van der Waals surface area contributed by atoms with E-state index in [1.165, 1.54) is 19.2 Å². The van der Waals surface area contributed by atoms with E-state index < -0.39 is 17.3 Å². The Kier molecular flexibility index (Phi) is 9.72. The highest BCUT2D eigenvalue weighted by atomic mass is 19.4. The van der Waals surface area contributed by atoms with Crippen molar-refractivity contribution in [1.29, 1.82) is 0 Å². The van der Waals surface area contributed by atoms with Gasteiger partial charge in [-0.1, -0.05) is 12.1 Å². The molecule has 2 aromatic heterocycles. The summed E-state index contributed by atoms with van der Waals surface area (Å²) in [5.41, 5.74) is 2.10. The summed E-state index contributed by atoms with van der Waals surface area (Å²) < 4.78 is 59.6. The first kappa shape index (κ1) is 34.8. The minimum atomic E-state index is -4.56. The highest BCUT2D eigenvalue weighted by Crippen LogP contribution is 2.47. The molecule has 0 unspecified atom stereocenters. The molecule has 12 heteroatoms. The molecule has 0 aliphatic carbocycles. The van der Waals surface area contributed by atoms with E-state index in [4.69, 9.17) is 19.2 Å². The van der Waals surface area contributed by atoms with Crippen LogP contribution >= 0.6 is 0 Å². The second-order valence-electron chi connectivity index (χ2n) is 14.2. The van der Waals surface area contributed by atoms with Crippen LogP contribution in [0.2, 0.25) is 0 Å². The quantitative estimate of drug-likeness (QED) is 0.257. The van der Waals surface area contributed by atoms with Crippen LogP contribution in [-0.4, -0.2) is 83.9 Å². The maximum atomic E-state index is 14.3. The standard InChI is InChI=1S/C37H46F3N5O4/c1-6-48-33-26(11-8-18-41-33)28-15-14-27-29(42-28)23-43(22-25-10-9-19-45(25)34(46)49-35(2,3)4)24-36(27)16-20-44(21-17-36)30-12-7-13-31(47-5)32(30)37(38,39)40/h7-8,11-15,18,25H,6,9-10,16-17,19-24H2,1-5H3/t25-/m1/s1. The second kappa shape index (κ2) is 13.7. The van der Waals surface area contributed by atoms with Crippen molar-refractivity contribution in [3.8, 4) is 22.9 Å². The lowest BCUT2D eigenvalue weighted by Gasteiger charge is -2.49. The predicted octanol–water partition coefficient (Wildman–Crippen LogP) is 7.32. The molecule has 1 amide bonds. The van der Waals surface area contributed by atoms with Crippen LogP contribution in [-0.2, 0) is 22.9 Å². The van der Waals surface area contributed by atoms with Crippen LogP contribution in [0.5, 0.6) is 11.6 Å². The summed E-state index contributed by atoms with van der Waals surface area (Å²) in [4.78, 5) is 28.9. The number of nitrogens with zero attached hydrogens (tertiary/aromatic N) is 5. The van der Waals surface area contributed by atoms with Crippen molar-refractivity contribution in [2.24, 2.45) is 0 Å². The third-order valence-electron chi connectivity index (χ3n) is 9.82. The number of carbonyl (C=O) groups excluding carboxylic acids is 1. The van der Waals surface area contributed by atoms with Gasteiger partial charge in [-0.3, -0.25) is 9.88 Å². The first-order valence-electron chi connectivity index (χ1n) is 17.1. The summed E-state index contributed by atoms with van der Waals surface area (Å²) in [6, 6.07) is 12.5. The number of aromatic nitrogens is 2. The third-order valence-corrected chi connectivity index (χ3v) is 9.82. The van der Waals surface area contributed by atoms with E-state index in [1.807, 2.05) is 55.7 Å². The molecule has 2 saturated heterocycles. The molecule has 0 saturated carbocycles. The van der Waals surface area contributed by atoms with Crippen molar-refractivity contribution < 1.29 is 32.2 Å². The average molecular weight is 682 g/mol. The molecule has 3 aliphatic heterocycles. The summed E-state index contributed by atoms with van der Waals surface area (Å²) in [5.74, 6) is 0.343. The number of halogens is 3. The number of pyridine rings is 2. The summed E-state index contributed by atoms with van der Waals surface area (Å²) in [5, 5.41) is 0. The highest BCUT2D eigenvalue weighted by Gasteiger charge is 2.46. The van der Waals surface area contributed by atoms with E-state index >= 15 is 0 Å². The van der Waals surface area contributed by atoms with Gasteiger partial charge in [0.25, 0.3) is 0 Å². The molecule has 264 valence electrons. The van der Waals surface area contributed by atoms with Gasteiger partial charge < -0.3 is 24.0 Å². The van der Waals surface area contributed by atoms with Crippen LogP contribution in [0.15, 0.2) is 48.7 Å². The maximum Gasteiger partial charge on any atom is 0.421 e. The molecular weight excluding hydrogens is 635 g/mol. The molecule has 3 aliphatic rings. The topological polar surface area (TPSA) is 80.3 Å². The number of hydrogen-bond acceptors (Lipinski definition) is 8.